The number of nitrogens with one attached hydrogen (secondary N) is 2. The molecule has 0 spiro atoms. The third-order valence-electron chi connectivity index (χ3n) is 2.69. The van der Waals surface area contributed by atoms with E-state index in [9.17, 15) is 4.79 Å². The molecule has 0 aliphatic rings. The zero-order valence-electron chi connectivity index (χ0n) is 11.3. The molecule has 22 heavy (non-hydrogen) atoms. The first-order chi connectivity index (χ1) is 10.6. The Bertz CT molecular complexity index is 704. The summed E-state index contributed by atoms with van der Waals surface area (Å²) in [4.78, 5) is 11.7. The first-order valence-electron chi connectivity index (χ1n) is 6.32. The standard InChI is InChI=1S/C15H12Cl3N3O/c16-11-5-1-2-7-13(11)19-9-14(22)21-20-8-10-4-3-6-12(17)15(10)18/h1-8,19H,9H2,(H,21,22)/b20-8+. The molecule has 0 bridgehead atoms. The van der Waals surface area contributed by atoms with Crippen molar-refractivity contribution in [3.63, 3.8) is 0 Å². The maximum absolute atomic E-state index is 11.7. The van der Waals surface area contributed by atoms with Gasteiger partial charge >= 0.3 is 0 Å². The number of halogens is 3. The van der Waals surface area contributed by atoms with Crippen LogP contribution in [0.1, 0.15) is 5.56 Å². The number of amides is 1. The van der Waals surface area contributed by atoms with Crippen molar-refractivity contribution in [3.8, 4) is 0 Å². The molecule has 0 aliphatic carbocycles. The first-order valence-corrected chi connectivity index (χ1v) is 7.45. The van der Waals surface area contributed by atoms with E-state index in [4.69, 9.17) is 34.8 Å². The fourth-order valence-electron chi connectivity index (χ4n) is 1.61. The number of hydrogen-bond donors (Lipinski definition) is 2. The number of anilines is 1. The highest BCUT2D eigenvalue weighted by Gasteiger charge is 2.03. The third kappa shape index (κ3) is 4.63. The maximum Gasteiger partial charge on any atom is 0.259 e. The lowest BCUT2D eigenvalue weighted by molar-refractivity contribution is -0.119. The Kier molecular flexibility index (Phi) is 6.07. The van der Waals surface area contributed by atoms with Crippen molar-refractivity contribution in [1.29, 1.82) is 0 Å². The molecule has 1 amide bonds. The van der Waals surface area contributed by atoms with Crippen LogP contribution >= 0.6 is 34.8 Å². The van der Waals surface area contributed by atoms with E-state index >= 15 is 0 Å². The molecule has 0 aromatic heterocycles. The van der Waals surface area contributed by atoms with Gasteiger partial charge in [0, 0.05) is 5.56 Å². The van der Waals surface area contributed by atoms with Crippen LogP contribution in [0.25, 0.3) is 0 Å². The smallest absolute Gasteiger partial charge is 0.259 e. The zero-order valence-corrected chi connectivity index (χ0v) is 13.6. The van der Waals surface area contributed by atoms with Crippen molar-refractivity contribution in [2.45, 2.75) is 0 Å². The van der Waals surface area contributed by atoms with Crippen molar-refractivity contribution < 1.29 is 4.79 Å². The number of hydrogen-bond acceptors (Lipinski definition) is 3. The van der Waals surface area contributed by atoms with Gasteiger partial charge in [-0.1, -0.05) is 59.1 Å². The average molecular weight is 357 g/mol. The quantitative estimate of drug-likeness (QED) is 0.623. The van der Waals surface area contributed by atoms with Gasteiger partial charge in [-0.25, -0.2) is 5.43 Å². The summed E-state index contributed by atoms with van der Waals surface area (Å²) in [6.45, 7) is 0.0460. The fourth-order valence-corrected chi connectivity index (χ4v) is 2.17. The molecule has 2 aromatic rings. The molecule has 2 rings (SSSR count). The Hall–Kier alpha value is -1.75. The second kappa shape index (κ2) is 8.03. The summed E-state index contributed by atoms with van der Waals surface area (Å²) in [6, 6.07) is 12.3. The lowest BCUT2D eigenvalue weighted by Crippen LogP contribution is -2.25. The van der Waals surface area contributed by atoms with Crippen molar-refractivity contribution in [2.75, 3.05) is 11.9 Å². The number of para-hydroxylation sites is 1. The molecule has 0 heterocycles. The largest absolute Gasteiger partial charge is 0.375 e. The van der Waals surface area contributed by atoms with Gasteiger partial charge in [0.1, 0.15) is 0 Å². The summed E-state index contributed by atoms with van der Waals surface area (Å²) in [6.07, 6.45) is 1.43. The summed E-state index contributed by atoms with van der Waals surface area (Å²) < 4.78 is 0. The van der Waals surface area contributed by atoms with E-state index in [0.717, 1.165) is 0 Å². The minimum Gasteiger partial charge on any atom is -0.375 e. The van der Waals surface area contributed by atoms with Gasteiger partial charge in [0.15, 0.2) is 0 Å². The van der Waals surface area contributed by atoms with Crippen LogP contribution in [0.15, 0.2) is 47.6 Å². The van der Waals surface area contributed by atoms with Gasteiger partial charge in [0.05, 0.1) is 33.5 Å². The predicted octanol–water partition coefficient (Wildman–Crippen LogP) is 4.21. The lowest BCUT2D eigenvalue weighted by atomic mass is 10.2. The highest BCUT2D eigenvalue weighted by atomic mass is 35.5. The molecule has 0 atom stereocenters. The van der Waals surface area contributed by atoms with Crippen LogP contribution in [-0.4, -0.2) is 18.7 Å². The average Bonchev–Trinajstić information content (AvgIpc) is 2.51. The molecule has 2 N–H and O–H groups in total. The number of carbonyl (C=O) groups is 1. The van der Waals surface area contributed by atoms with Gasteiger partial charge in [-0.15, -0.1) is 0 Å². The van der Waals surface area contributed by atoms with E-state index < -0.39 is 0 Å². The molecule has 0 saturated carbocycles. The number of nitrogens with zero attached hydrogens (tertiary/aromatic N) is 1. The highest BCUT2D eigenvalue weighted by Crippen LogP contribution is 2.24. The summed E-state index contributed by atoms with van der Waals surface area (Å²) in [5, 5.41) is 8.11. The minimum atomic E-state index is -0.311. The summed E-state index contributed by atoms with van der Waals surface area (Å²) in [7, 11) is 0. The first kappa shape index (κ1) is 16.6. The van der Waals surface area contributed by atoms with Crippen LogP contribution in [0.5, 0.6) is 0 Å². The molecule has 0 fully saturated rings. The Morgan fingerprint density at radius 3 is 2.55 bits per heavy atom. The van der Waals surface area contributed by atoms with E-state index in [1.54, 1.807) is 30.3 Å². The van der Waals surface area contributed by atoms with E-state index in [1.807, 2.05) is 12.1 Å². The fraction of sp³-hybridized carbons (Fsp3) is 0.0667. The molecule has 7 heteroatoms. The Morgan fingerprint density at radius 2 is 1.77 bits per heavy atom. The minimum absolute atomic E-state index is 0.0460. The normalized spacial score (nSPS) is 10.7. The van der Waals surface area contributed by atoms with Gasteiger partial charge in [0.2, 0.25) is 0 Å². The van der Waals surface area contributed by atoms with Crippen molar-refractivity contribution in [3.05, 3.63) is 63.1 Å². The molecule has 0 unspecified atom stereocenters. The number of carbonyl (C=O) groups excluding carboxylic acids is 1. The molecule has 0 saturated heterocycles. The summed E-state index contributed by atoms with van der Waals surface area (Å²) in [5.74, 6) is -0.311. The number of hydrazone groups is 1. The van der Waals surface area contributed by atoms with Gasteiger partial charge < -0.3 is 5.32 Å². The van der Waals surface area contributed by atoms with Crippen LogP contribution in [0.4, 0.5) is 5.69 Å². The molecule has 4 nitrogen and oxygen atoms in total. The second-order valence-electron chi connectivity index (χ2n) is 4.27. The topological polar surface area (TPSA) is 53.5 Å². The second-order valence-corrected chi connectivity index (χ2v) is 5.46. The Morgan fingerprint density at radius 1 is 1.05 bits per heavy atom. The lowest BCUT2D eigenvalue weighted by Gasteiger charge is -2.06. The Balaban J connectivity index is 1.86. The number of rotatable bonds is 5. The van der Waals surface area contributed by atoms with Gasteiger partial charge in [-0.05, 0) is 18.2 Å². The van der Waals surface area contributed by atoms with Crippen LogP contribution in [0.3, 0.4) is 0 Å². The number of benzene rings is 2. The van der Waals surface area contributed by atoms with Gasteiger partial charge in [0.25, 0.3) is 5.91 Å². The Labute approximate surface area is 143 Å². The monoisotopic (exact) mass is 355 g/mol. The van der Waals surface area contributed by atoms with Gasteiger partial charge in [-0.3, -0.25) is 4.79 Å². The van der Waals surface area contributed by atoms with E-state index in [-0.39, 0.29) is 12.5 Å². The molecule has 0 radical (unpaired) electrons. The molecular weight excluding hydrogens is 345 g/mol. The van der Waals surface area contributed by atoms with Crippen LogP contribution in [0, 0.1) is 0 Å². The molecule has 114 valence electrons. The van der Waals surface area contributed by atoms with Crippen molar-refractivity contribution in [2.24, 2.45) is 5.10 Å². The predicted molar refractivity (Wildman–Crippen MR) is 92.1 cm³/mol. The van der Waals surface area contributed by atoms with Crippen LogP contribution in [0.2, 0.25) is 15.1 Å². The van der Waals surface area contributed by atoms with E-state index in [2.05, 4.69) is 15.8 Å². The van der Waals surface area contributed by atoms with Crippen LogP contribution < -0.4 is 10.7 Å². The third-order valence-corrected chi connectivity index (χ3v) is 3.85. The van der Waals surface area contributed by atoms with E-state index in [1.165, 1.54) is 6.21 Å². The maximum atomic E-state index is 11.7. The van der Waals surface area contributed by atoms with Gasteiger partial charge in [-0.2, -0.15) is 5.10 Å². The zero-order chi connectivity index (χ0) is 15.9. The molecular formula is C15H12Cl3N3O. The van der Waals surface area contributed by atoms with Crippen LogP contribution in [-0.2, 0) is 4.79 Å². The summed E-state index contributed by atoms with van der Waals surface area (Å²) >= 11 is 17.9. The van der Waals surface area contributed by atoms with Crippen molar-refractivity contribution in [1.82, 2.24) is 5.43 Å². The van der Waals surface area contributed by atoms with E-state index in [0.29, 0.717) is 26.3 Å². The SMILES string of the molecule is O=C(CNc1ccccc1Cl)N/N=C/c1cccc(Cl)c1Cl. The summed E-state index contributed by atoms with van der Waals surface area (Å²) in [5.41, 5.74) is 3.69. The van der Waals surface area contributed by atoms with Crippen molar-refractivity contribution >= 4 is 52.6 Å². The molecule has 0 aliphatic heterocycles. The molecule has 2 aromatic carbocycles. The highest BCUT2D eigenvalue weighted by molar-refractivity contribution is 6.43.